The van der Waals surface area contributed by atoms with Crippen LogP contribution in [-0.2, 0) is 9.53 Å². The zero-order chi connectivity index (χ0) is 12.4. The summed E-state index contributed by atoms with van der Waals surface area (Å²) in [6.45, 7) is 8.90. The van der Waals surface area contributed by atoms with Crippen molar-refractivity contribution in [2.45, 2.75) is 46.6 Å². The monoisotopic (exact) mass is 226 g/mol. The fourth-order valence-electron chi connectivity index (χ4n) is 3.84. The quantitative estimate of drug-likeness (QED) is 0.748. The van der Waals surface area contributed by atoms with Crippen molar-refractivity contribution in [3.8, 4) is 0 Å². The number of esters is 1. The predicted octanol–water partition coefficient (Wildman–Crippen LogP) is 1.98. The minimum absolute atomic E-state index is 0.207. The van der Waals surface area contributed by atoms with Gasteiger partial charge in [-0.15, -0.1) is 0 Å². The molecule has 2 fully saturated rings. The first-order valence-electron chi connectivity index (χ1n) is 5.98. The second kappa shape index (κ2) is 3.00. The van der Waals surface area contributed by atoms with E-state index in [2.05, 4.69) is 32.4 Å². The van der Waals surface area contributed by atoms with Gasteiger partial charge in [-0.1, -0.05) is 27.7 Å². The Kier molecular flexibility index (Phi) is 2.24. The molecule has 0 aromatic heterocycles. The van der Waals surface area contributed by atoms with Gasteiger partial charge >= 0.3 is 5.97 Å². The number of carbonyl (C=O) groups excluding carboxylic acids is 1. The molecule has 2 aliphatic rings. The first kappa shape index (κ1) is 11.9. The van der Waals surface area contributed by atoms with Crippen LogP contribution in [0.4, 0.5) is 0 Å². The minimum Gasteiger partial charge on any atom is -0.467 e. The number of ether oxygens (including phenoxy) is 1. The van der Waals surface area contributed by atoms with Gasteiger partial charge in [0.2, 0.25) is 0 Å². The fraction of sp³-hybridized carbons (Fsp3) is 0.923. The Labute approximate surface area is 97.2 Å². The highest BCUT2D eigenvalue weighted by molar-refractivity contribution is 5.76. The number of aliphatic hydroxyl groups is 1. The molecule has 0 radical (unpaired) electrons. The van der Waals surface area contributed by atoms with Crippen molar-refractivity contribution in [2.24, 2.45) is 22.2 Å². The second-order valence-electron chi connectivity index (χ2n) is 6.54. The molecule has 0 aromatic carbocycles. The van der Waals surface area contributed by atoms with Crippen LogP contribution in [0, 0.1) is 22.2 Å². The molecule has 0 saturated heterocycles. The molecule has 16 heavy (non-hydrogen) atoms. The van der Waals surface area contributed by atoms with E-state index in [1.165, 1.54) is 7.11 Å². The predicted molar refractivity (Wildman–Crippen MR) is 60.7 cm³/mol. The minimum atomic E-state index is -0.941. The van der Waals surface area contributed by atoms with Crippen LogP contribution in [-0.4, -0.2) is 24.3 Å². The van der Waals surface area contributed by atoms with Gasteiger partial charge in [0, 0.05) is 5.41 Å². The molecule has 2 aliphatic carbocycles. The third kappa shape index (κ3) is 1.21. The summed E-state index contributed by atoms with van der Waals surface area (Å²) in [5.74, 6) is -0.0578. The summed E-state index contributed by atoms with van der Waals surface area (Å²) in [6.07, 6.45) is 0.949. The lowest BCUT2D eigenvalue weighted by atomic mass is 9.87. The molecule has 0 heterocycles. The summed E-state index contributed by atoms with van der Waals surface area (Å²) < 4.78 is 4.66. The summed E-state index contributed by atoms with van der Waals surface area (Å²) in [6, 6.07) is 0. The van der Waals surface area contributed by atoms with Gasteiger partial charge in [0.05, 0.1) is 7.11 Å². The van der Waals surface area contributed by atoms with Gasteiger partial charge in [-0.05, 0) is 29.6 Å². The smallest absolute Gasteiger partial charge is 0.335 e. The Morgan fingerprint density at radius 1 is 1.25 bits per heavy atom. The second-order valence-corrected chi connectivity index (χ2v) is 6.54. The summed E-state index contributed by atoms with van der Waals surface area (Å²) in [5.41, 5.74) is 0.205. The average molecular weight is 226 g/mol. The van der Waals surface area contributed by atoms with Gasteiger partial charge in [-0.2, -0.15) is 0 Å². The maximum Gasteiger partial charge on any atom is 0.335 e. The zero-order valence-electron chi connectivity index (χ0n) is 10.8. The van der Waals surface area contributed by atoms with E-state index in [0.717, 1.165) is 12.8 Å². The van der Waals surface area contributed by atoms with Gasteiger partial charge in [-0.3, -0.25) is 0 Å². The molecule has 3 heteroatoms. The average Bonchev–Trinajstić information content (AvgIpc) is 3.03. The van der Waals surface area contributed by atoms with Crippen molar-refractivity contribution in [3.63, 3.8) is 0 Å². The Balaban J connectivity index is 2.20. The summed E-state index contributed by atoms with van der Waals surface area (Å²) in [5, 5.41) is 10.1. The highest BCUT2D eigenvalue weighted by atomic mass is 16.5. The number of methoxy groups -OCH3 is 1. The SMILES string of the molecule is COC(=O)C(O)C1(C2C(C)(C)C2(C)C)CC1. The summed E-state index contributed by atoms with van der Waals surface area (Å²) in [7, 11) is 1.34. The maximum absolute atomic E-state index is 11.5. The zero-order valence-corrected chi connectivity index (χ0v) is 10.8. The highest BCUT2D eigenvalue weighted by Crippen LogP contribution is 2.80. The molecule has 2 saturated carbocycles. The van der Waals surface area contributed by atoms with Crippen molar-refractivity contribution in [3.05, 3.63) is 0 Å². The molecule has 1 N–H and O–H groups in total. The van der Waals surface area contributed by atoms with E-state index in [1.807, 2.05) is 0 Å². The van der Waals surface area contributed by atoms with Gasteiger partial charge in [0.25, 0.3) is 0 Å². The molecule has 2 rings (SSSR count). The number of rotatable bonds is 3. The Morgan fingerprint density at radius 3 is 1.94 bits per heavy atom. The molecule has 1 atom stereocenters. The van der Waals surface area contributed by atoms with E-state index in [4.69, 9.17) is 0 Å². The Bertz CT molecular complexity index is 312. The number of aliphatic hydroxyl groups excluding tert-OH is 1. The molecule has 1 unspecified atom stereocenters. The van der Waals surface area contributed by atoms with Crippen LogP contribution in [0.2, 0.25) is 0 Å². The molecule has 0 spiro atoms. The van der Waals surface area contributed by atoms with Crippen LogP contribution in [0.3, 0.4) is 0 Å². The van der Waals surface area contributed by atoms with Crippen LogP contribution >= 0.6 is 0 Å². The largest absolute Gasteiger partial charge is 0.467 e. The van der Waals surface area contributed by atoms with Crippen LogP contribution in [0.1, 0.15) is 40.5 Å². The first-order chi connectivity index (χ1) is 7.22. The summed E-state index contributed by atoms with van der Waals surface area (Å²) in [4.78, 5) is 11.5. The van der Waals surface area contributed by atoms with Crippen molar-refractivity contribution in [1.82, 2.24) is 0 Å². The van der Waals surface area contributed by atoms with E-state index < -0.39 is 12.1 Å². The standard InChI is InChI=1S/C13H22O3/c1-11(2)10(12(11,3)4)13(6-7-13)8(14)9(15)16-5/h8,10,14H,6-7H2,1-5H3. The molecule has 0 aliphatic heterocycles. The molecule has 0 bridgehead atoms. The number of carbonyl (C=O) groups is 1. The van der Waals surface area contributed by atoms with Crippen LogP contribution < -0.4 is 0 Å². The first-order valence-corrected chi connectivity index (χ1v) is 5.98. The molecule has 0 amide bonds. The number of hydrogen-bond donors (Lipinski definition) is 1. The lowest BCUT2D eigenvalue weighted by Crippen LogP contribution is -2.35. The van der Waals surface area contributed by atoms with Crippen LogP contribution in [0.5, 0.6) is 0 Å². The van der Waals surface area contributed by atoms with E-state index in [0.29, 0.717) is 5.92 Å². The van der Waals surface area contributed by atoms with E-state index in [1.54, 1.807) is 0 Å². The van der Waals surface area contributed by atoms with Gasteiger partial charge in [0.1, 0.15) is 0 Å². The van der Waals surface area contributed by atoms with Gasteiger partial charge in [-0.25, -0.2) is 4.79 Å². The van der Waals surface area contributed by atoms with Crippen molar-refractivity contribution in [1.29, 1.82) is 0 Å². The normalized spacial score (nSPS) is 30.6. The molecule has 3 nitrogen and oxygen atoms in total. The van der Waals surface area contributed by atoms with Crippen LogP contribution in [0.25, 0.3) is 0 Å². The number of hydrogen-bond acceptors (Lipinski definition) is 3. The van der Waals surface area contributed by atoms with Crippen molar-refractivity contribution in [2.75, 3.05) is 7.11 Å². The maximum atomic E-state index is 11.5. The fourth-order valence-corrected chi connectivity index (χ4v) is 3.84. The van der Waals surface area contributed by atoms with E-state index in [9.17, 15) is 9.90 Å². The van der Waals surface area contributed by atoms with Gasteiger partial charge in [0.15, 0.2) is 6.10 Å². The lowest BCUT2D eigenvalue weighted by molar-refractivity contribution is -0.155. The van der Waals surface area contributed by atoms with Crippen molar-refractivity contribution >= 4 is 5.97 Å². The Morgan fingerprint density at radius 2 is 1.69 bits per heavy atom. The van der Waals surface area contributed by atoms with Crippen molar-refractivity contribution < 1.29 is 14.6 Å². The van der Waals surface area contributed by atoms with Gasteiger partial charge < -0.3 is 9.84 Å². The molecular weight excluding hydrogens is 204 g/mol. The Hall–Kier alpha value is -0.570. The third-order valence-electron chi connectivity index (χ3n) is 5.39. The molecule has 92 valence electrons. The highest BCUT2D eigenvalue weighted by Gasteiger charge is 2.77. The topological polar surface area (TPSA) is 46.5 Å². The van der Waals surface area contributed by atoms with Crippen LogP contribution in [0.15, 0.2) is 0 Å². The van der Waals surface area contributed by atoms with E-state index in [-0.39, 0.29) is 16.2 Å². The lowest BCUT2D eigenvalue weighted by Gasteiger charge is -2.22. The third-order valence-corrected chi connectivity index (χ3v) is 5.39. The molecule has 0 aromatic rings. The molecular formula is C13H22O3. The van der Waals surface area contributed by atoms with E-state index >= 15 is 0 Å². The summed E-state index contributed by atoms with van der Waals surface area (Å²) >= 11 is 0.